The highest BCUT2D eigenvalue weighted by Crippen LogP contribution is 2.60. The second kappa shape index (κ2) is 9.36. The van der Waals surface area contributed by atoms with Crippen LogP contribution in [0, 0.1) is 20.2 Å². The summed E-state index contributed by atoms with van der Waals surface area (Å²) in [7, 11) is -3.91. The molecule has 0 fully saturated rings. The summed E-state index contributed by atoms with van der Waals surface area (Å²) in [6.45, 7) is -0.728. The van der Waals surface area contributed by atoms with Crippen LogP contribution in [0.25, 0.3) is 21.5 Å². The molecule has 5 aromatic rings. The molecule has 7 nitrogen and oxygen atoms in total. The van der Waals surface area contributed by atoms with Gasteiger partial charge in [0.2, 0.25) is 6.54 Å². The first-order valence-corrected chi connectivity index (χ1v) is 13.1. The quantitative estimate of drug-likeness (QED) is 0.151. The first-order chi connectivity index (χ1) is 17.4. The molecular weight excluding hydrogens is 475 g/mol. The van der Waals surface area contributed by atoms with Crippen molar-refractivity contribution in [1.82, 2.24) is 0 Å². The van der Waals surface area contributed by atoms with Gasteiger partial charge in [0.1, 0.15) is 5.66 Å². The van der Waals surface area contributed by atoms with Crippen LogP contribution in [0.4, 0.5) is 5.69 Å². The van der Waals surface area contributed by atoms with E-state index >= 15 is 4.57 Å². The zero-order valence-corrected chi connectivity index (χ0v) is 20.0. The Morgan fingerprint density at radius 1 is 0.639 bits per heavy atom. The zero-order chi connectivity index (χ0) is 25.3. The van der Waals surface area contributed by atoms with Crippen molar-refractivity contribution in [3.63, 3.8) is 0 Å². The van der Waals surface area contributed by atoms with E-state index in [2.05, 4.69) is 0 Å². The Kier molecular flexibility index (Phi) is 6.08. The van der Waals surface area contributed by atoms with Crippen molar-refractivity contribution in [2.45, 2.75) is 5.66 Å². The molecule has 0 aliphatic rings. The molecule has 36 heavy (non-hydrogen) atoms. The SMILES string of the molecule is O=[N+]([O-])C[C@@H](c1ccccc1[N+](=O)[O-])P(=O)(c1cccc2ccccc12)c1cccc2ccccc12. The van der Waals surface area contributed by atoms with E-state index in [0.717, 1.165) is 10.8 Å². The van der Waals surface area contributed by atoms with Gasteiger partial charge in [-0.05, 0) is 21.5 Å². The minimum atomic E-state index is -3.91. The Hall–Kier alpha value is -4.35. The highest BCUT2D eigenvalue weighted by Gasteiger charge is 2.45. The van der Waals surface area contributed by atoms with E-state index in [0.29, 0.717) is 21.4 Å². The van der Waals surface area contributed by atoms with E-state index in [1.165, 1.54) is 18.2 Å². The number of rotatable bonds is 7. The van der Waals surface area contributed by atoms with E-state index in [-0.39, 0.29) is 11.3 Å². The molecule has 5 rings (SSSR count). The molecule has 0 aromatic heterocycles. The molecule has 0 aliphatic carbocycles. The summed E-state index contributed by atoms with van der Waals surface area (Å²) in [5, 5.41) is 27.9. The molecule has 0 spiro atoms. The van der Waals surface area contributed by atoms with Crippen LogP contribution in [-0.2, 0) is 4.57 Å². The first-order valence-electron chi connectivity index (χ1n) is 11.3. The topological polar surface area (TPSA) is 103 Å². The number of nitrogens with zero attached hydrogens (tertiary/aromatic N) is 2. The summed E-state index contributed by atoms with van der Waals surface area (Å²) >= 11 is 0. The van der Waals surface area contributed by atoms with Crippen molar-refractivity contribution in [3.8, 4) is 0 Å². The minimum absolute atomic E-state index is 0.0865. The largest absolute Gasteiger partial charge is 0.313 e. The van der Waals surface area contributed by atoms with Crippen LogP contribution in [-0.4, -0.2) is 16.4 Å². The molecule has 0 heterocycles. The third kappa shape index (κ3) is 3.93. The average Bonchev–Trinajstić information content (AvgIpc) is 2.90. The third-order valence-electron chi connectivity index (χ3n) is 6.50. The molecule has 0 aliphatic heterocycles. The van der Waals surface area contributed by atoms with Crippen molar-refractivity contribution in [1.29, 1.82) is 0 Å². The second-order valence-corrected chi connectivity index (χ2v) is 11.4. The fourth-order valence-corrected chi connectivity index (χ4v) is 8.59. The van der Waals surface area contributed by atoms with Gasteiger partial charge in [0.05, 0.1) is 4.92 Å². The lowest BCUT2D eigenvalue weighted by Gasteiger charge is -2.28. The van der Waals surface area contributed by atoms with Gasteiger partial charge in [-0.1, -0.05) is 103 Å². The van der Waals surface area contributed by atoms with Crippen molar-refractivity contribution < 1.29 is 14.4 Å². The van der Waals surface area contributed by atoms with E-state index in [4.69, 9.17) is 0 Å². The highest BCUT2D eigenvalue weighted by atomic mass is 31.2. The van der Waals surface area contributed by atoms with Crippen LogP contribution >= 0.6 is 7.14 Å². The molecule has 0 saturated carbocycles. The monoisotopic (exact) mass is 496 g/mol. The van der Waals surface area contributed by atoms with Crippen LogP contribution in [0.2, 0.25) is 0 Å². The predicted molar refractivity (Wildman–Crippen MR) is 142 cm³/mol. The molecule has 0 radical (unpaired) electrons. The number of para-hydroxylation sites is 1. The Morgan fingerprint density at radius 2 is 1.11 bits per heavy atom. The highest BCUT2D eigenvalue weighted by molar-refractivity contribution is 7.79. The summed E-state index contributed by atoms with van der Waals surface area (Å²) < 4.78 is 15.7. The maximum absolute atomic E-state index is 15.7. The number of hydrogen-bond acceptors (Lipinski definition) is 5. The maximum Gasteiger partial charge on any atom is 0.273 e. The Bertz CT molecular complexity index is 1590. The summed E-state index contributed by atoms with van der Waals surface area (Å²) in [6.07, 6.45) is 0. The Morgan fingerprint density at radius 3 is 1.64 bits per heavy atom. The average molecular weight is 496 g/mol. The van der Waals surface area contributed by atoms with Crippen LogP contribution in [0.15, 0.2) is 109 Å². The van der Waals surface area contributed by atoms with Crippen molar-refractivity contribution in [2.75, 3.05) is 6.54 Å². The van der Waals surface area contributed by atoms with Crippen LogP contribution in [0.5, 0.6) is 0 Å². The van der Waals surface area contributed by atoms with E-state index in [1.807, 2.05) is 60.7 Å². The standard InChI is InChI=1S/C28H21N2O5P/c31-29(32)19-28(24-15-5-6-16-25(24)30(33)34)36(35,26-17-7-11-20-9-1-3-13-22(20)26)27-18-8-12-21-10-2-4-14-23(21)27/h1-18,28H,19H2/t28-/m0/s1. The third-order valence-corrected chi connectivity index (χ3v) is 10.0. The minimum Gasteiger partial charge on any atom is -0.313 e. The van der Waals surface area contributed by atoms with E-state index in [9.17, 15) is 20.2 Å². The van der Waals surface area contributed by atoms with Gasteiger partial charge in [0.25, 0.3) is 5.69 Å². The fourth-order valence-electron chi connectivity index (χ4n) is 4.95. The van der Waals surface area contributed by atoms with Crippen LogP contribution in [0.3, 0.4) is 0 Å². The summed E-state index contributed by atoms with van der Waals surface area (Å²) in [5.74, 6) is 0. The molecule has 178 valence electrons. The summed E-state index contributed by atoms with van der Waals surface area (Å²) in [5.41, 5.74) is -1.46. The lowest BCUT2D eigenvalue weighted by molar-refractivity contribution is -0.480. The predicted octanol–water partition coefficient (Wildman–Crippen LogP) is 6.23. The molecule has 1 atom stereocenters. The van der Waals surface area contributed by atoms with E-state index in [1.54, 1.807) is 30.3 Å². The van der Waals surface area contributed by atoms with Crippen LogP contribution in [0.1, 0.15) is 11.2 Å². The van der Waals surface area contributed by atoms with Gasteiger partial charge in [-0.15, -0.1) is 0 Å². The van der Waals surface area contributed by atoms with Gasteiger partial charge in [-0.3, -0.25) is 20.2 Å². The Labute approximate surface area is 206 Å². The van der Waals surface area contributed by atoms with Crippen molar-refractivity contribution in [3.05, 3.63) is 135 Å². The lowest BCUT2D eigenvalue weighted by atomic mass is 10.1. The normalized spacial score (nSPS) is 12.4. The smallest absolute Gasteiger partial charge is 0.273 e. The molecular formula is C28H21N2O5P. The van der Waals surface area contributed by atoms with Crippen molar-refractivity contribution >= 4 is 45.0 Å². The lowest BCUT2D eigenvalue weighted by Crippen LogP contribution is -2.27. The van der Waals surface area contributed by atoms with Gasteiger partial charge in [0, 0.05) is 27.2 Å². The number of benzene rings is 5. The van der Waals surface area contributed by atoms with Crippen LogP contribution < -0.4 is 10.6 Å². The fraction of sp³-hybridized carbons (Fsp3) is 0.0714. The number of nitro groups is 2. The van der Waals surface area contributed by atoms with Crippen molar-refractivity contribution in [2.24, 2.45) is 0 Å². The second-order valence-electron chi connectivity index (χ2n) is 8.50. The van der Waals surface area contributed by atoms with Gasteiger partial charge in [-0.25, -0.2) is 0 Å². The van der Waals surface area contributed by atoms with Gasteiger partial charge >= 0.3 is 0 Å². The Balaban J connectivity index is 1.95. The molecule has 0 bridgehead atoms. The zero-order valence-electron chi connectivity index (χ0n) is 19.1. The molecule has 0 saturated heterocycles. The summed E-state index contributed by atoms with van der Waals surface area (Å²) in [6, 6.07) is 31.5. The van der Waals surface area contributed by atoms with Gasteiger partial charge in [-0.2, -0.15) is 0 Å². The molecule has 0 amide bonds. The number of fused-ring (bicyclic) bond motifs is 2. The molecule has 0 N–H and O–H groups in total. The maximum atomic E-state index is 15.7. The first kappa shape index (κ1) is 23.4. The number of hydrogen-bond donors (Lipinski definition) is 0. The van der Waals surface area contributed by atoms with Gasteiger partial charge in [0.15, 0.2) is 7.14 Å². The van der Waals surface area contributed by atoms with E-state index < -0.39 is 29.2 Å². The molecule has 5 aromatic carbocycles. The molecule has 8 heteroatoms. The molecule has 0 unspecified atom stereocenters. The summed E-state index contributed by atoms with van der Waals surface area (Å²) in [4.78, 5) is 22.9. The van der Waals surface area contributed by atoms with Gasteiger partial charge < -0.3 is 4.57 Å². The number of nitro benzene ring substituents is 1.